The van der Waals surface area contributed by atoms with Gasteiger partial charge in [0.25, 0.3) is 5.56 Å². The van der Waals surface area contributed by atoms with Gasteiger partial charge >= 0.3 is 0 Å². The molecule has 0 N–H and O–H groups in total. The highest BCUT2D eigenvalue weighted by Gasteiger charge is 2.22. The zero-order valence-corrected chi connectivity index (χ0v) is 21.7. The van der Waals surface area contributed by atoms with E-state index in [1.54, 1.807) is 10.5 Å². The van der Waals surface area contributed by atoms with Crippen molar-refractivity contribution < 1.29 is 0 Å². The Morgan fingerprint density at radius 2 is 1.67 bits per heavy atom. The first kappa shape index (κ1) is 24.6. The maximum Gasteiger partial charge on any atom is 0.261 e. The number of imidazole rings is 1. The van der Waals surface area contributed by atoms with Crippen molar-refractivity contribution in [3.05, 3.63) is 87.8 Å². The average Bonchev–Trinajstić information content (AvgIpc) is 3.36. The molecule has 6 nitrogen and oxygen atoms in total. The number of nitrogens with zero attached hydrogens (tertiary/aromatic N) is 5. The van der Waals surface area contributed by atoms with E-state index >= 15 is 0 Å². The Hall–Kier alpha value is -3.09. The molecular formula is C29H34ClN5O. The van der Waals surface area contributed by atoms with Gasteiger partial charge in [0.2, 0.25) is 5.78 Å². The molecule has 0 spiro atoms. The van der Waals surface area contributed by atoms with Crippen LogP contribution in [0.25, 0.3) is 17.0 Å². The number of aromatic nitrogens is 3. The van der Waals surface area contributed by atoms with Crippen LogP contribution < -0.4 is 10.5 Å². The van der Waals surface area contributed by atoms with Crippen LogP contribution in [0.15, 0.2) is 71.7 Å². The van der Waals surface area contributed by atoms with Crippen molar-refractivity contribution >= 4 is 23.2 Å². The Bertz CT molecular complexity index is 1340. The lowest BCUT2D eigenvalue weighted by Crippen LogP contribution is -2.48. The minimum atomic E-state index is -0.0361. The van der Waals surface area contributed by atoms with Crippen LogP contribution in [0.3, 0.4) is 0 Å². The summed E-state index contributed by atoms with van der Waals surface area (Å²) >= 11 is 6.08. The van der Waals surface area contributed by atoms with Crippen LogP contribution in [0.5, 0.6) is 0 Å². The lowest BCUT2D eigenvalue weighted by molar-refractivity contribution is 0.259. The van der Waals surface area contributed by atoms with Crippen LogP contribution in [0, 0.1) is 0 Å². The first-order chi connectivity index (χ1) is 17.6. The van der Waals surface area contributed by atoms with Gasteiger partial charge in [-0.25, -0.2) is 4.98 Å². The van der Waals surface area contributed by atoms with Gasteiger partial charge in [-0.3, -0.25) is 18.7 Å². The summed E-state index contributed by atoms with van der Waals surface area (Å²) in [4.78, 5) is 23.0. The molecule has 7 heteroatoms. The normalized spacial score (nSPS) is 14.6. The number of hydrogen-bond acceptors (Lipinski definition) is 4. The van der Waals surface area contributed by atoms with E-state index in [0.717, 1.165) is 82.0 Å². The Morgan fingerprint density at radius 3 is 2.39 bits per heavy atom. The molecule has 3 heterocycles. The summed E-state index contributed by atoms with van der Waals surface area (Å²) in [6, 6.07) is 20.1. The average molecular weight is 504 g/mol. The molecule has 0 atom stereocenters. The number of fused-ring (bicyclic) bond motifs is 1. The molecule has 188 valence electrons. The topological polar surface area (TPSA) is 45.8 Å². The standard InChI is InChI=1S/C29H34ClN5O/c1-2-3-7-15-34-27(33-19-17-32(18-20-33)16-14-23-8-5-4-6-9-23)21-28(36)35-22-26(31-29(34)35)24-10-12-25(30)13-11-24/h4-6,8-13,21-22H,2-3,7,14-20H2,1H3. The molecule has 36 heavy (non-hydrogen) atoms. The van der Waals surface area contributed by atoms with Gasteiger partial charge in [-0.05, 0) is 30.5 Å². The molecule has 0 unspecified atom stereocenters. The Morgan fingerprint density at radius 1 is 0.917 bits per heavy atom. The van der Waals surface area contributed by atoms with E-state index in [0.29, 0.717) is 10.8 Å². The fourth-order valence-electron chi connectivity index (χ4n) is 4.97. The summed E-state index contributed by atoms with van der Waals surface area (Å²) < 4.78 is 3.94. The van der Waals surface area contributed by atoms with E-state index in [2.05, 4.69) is 51.6 Å². The molecular weight excluding hydrogens is 470 g/mol. The van der Waals surface area contributed by atoms with Crippen molar-refractivity contribution in [1.29, 1.82) is 0 Å². The highest BCUT2D eigenvalue weighted by atomic mass is 35.5. The third kappa shape index (κ3) is 5.50. The monoisotopic (exact) mass is 503 g/mol. The van der Waals surface area contributed by atoms with Crippen molar-refractivity contribution in [1.82, 2.24) is 18.9 Å². The van der Waals surface area contributed by atoms with Gasteiger partial charge in [-0.1, -0.05) is 73.8 Å². The molecule has 2 aromatic heterocycles. The molecule has 1 aliphatic heterocycles. The minimum absolute atomic E-state index is 0.0361. The number of aryl methyl sites for hydroxylation is 1. The number of anilines is 1. The van der Waals surface area contributed by atoms with Crippen LogP contribution >= 0.6 is 11.6 Å². The molecule has 0 amide bonds. The highest BCUT2D eigenvalue weighted by molar-refractivity contribution is 6.30. The quantitative estimate of drug-likeness (QED) is 0.288. The molecule has 0 saturated carbocycles. The van der Waals surface area contributed by atoms with Gasteiger partial charge < -0.3 is 4.90 Å². The van der Waals surface area contributed by atoms with Gasteiger partial charge in [0.1, 0.15) is 5.82 Å². The molecule has 0 bridgehead atoms. The fourth-order valence-corrected chi connectivity index (χ4v) is 5.10. The summed E-state index contributed by atoms with van der Waals surface area (Å²) in [6.45, 7) is 7.91. The third-order valence-electron chi connectivity index (χ3n) is 7.08. The predicted octanol–water partition coefficient (Wildman–Crippen LogP) is 5.37. The van der Waals surface area contributed by atoms with Gasteiger partial charge in [0.15, 0.2) is 0 Å². The molecule has 2 aromatic carbocycles. The van der Waals surface area contributed by atoms with Crippen LogP contribution in [-0.4, -0.2) is 51.6 Å². The second-order valence-electron chi connectivity index (χ2n) is 9.57. The molecule has 4 aromatic rings. The van der Waals surface area contributed by atoms with Crippen molar-refractivity contribution in [2.75, 3.05) is 37.6 Å². The number of piperazine rings is 1. The zero-order valence-electron chi connectivity index (χ0n) is 20.9. The third-order valence-corrected chi connectivity index (χ3v) is 7.33. The van der Waals surface area contributed by atoms with Crippen molar-refractivity contribution in [3.63, 3.8) is 0 Å². The molecule has 1 aliphatic rings. The highest BCUT2D eigenvalue weighted by Crippen LogP contribution is 2.24. The van der Waals surface area contributed by atoms with Gasteiger partial charge in [-0.2, -0.15) is 0 Å². The van der Waals surface area contributed by atoms with Crippen LogP contribution in [0.1, 0.15) is 31.7 Å². The Labute approximate surface area is 217 Å². The summed E-state index contributed by atoms with van der Waals surface area (Å²) in [5.41, 5.74) is 3.09. The van der Waals surface area contributed by atoms with Crippen molar-refractivity contribution in [2.24, 2.45) is 0 Å². The second-order valence-corrected chi connectivity index (χ2v) is 10.0. The number of halogens is 1. The maximum atomic E-state index is 13.2. The van der Waals surface area contributed by atoms with Crippen LogP contribution in [0.4, 0.5) is 5.82 Å². The Kier molecular flexibility index (Phi) is 7.73. The number of benzene rings is 2. The van der Waals surface area contributed by atoms with Crippen molar-refractivity contribution in [2.45, 2.75) is 39.2 Å². The van der Waals surface area contributed by atoms with E-state index in [1.807, 2.05) is 30.5 Å². The summed E-state index contributed by atoms with van der Waals surface area (Å²) in [5.74, 6) is 1.70. The largest absolute Gasteiger partial charge is 0.355 e. The zero-order chi connectivity index (χ0) is 24.9. The van der Waals surface area contributed by atoms with Crippen LogP contribution in [0.2, 0.25) is 5.02 Å². The number of unbranched alkanes of at least 4 members (excludes halogenated alkanes) is 2. The Balaban J connectivity index is 1.39. The van der Waals surface area contributed by atoms with Gasteiger partial charge in [0.05, 0.1) is 5.69 Å². The molecule has 5 rings (SSSR count). The molecule has 0 radical (unpaired) electrons. The SMILES string of the molecule is CCCCCn1c(N2CCN(CCc3ccccc3)CC2)cc(=O)n2cc(-c3ccc(Cl)cc3)nc12. The number of hydrogen-bond donors (Lipinski definition) is 0. The van der Waals surface area contributed by atoms with Crippen LogP contribution in [-0.2, 0) is 13.0 Å². The lowest BCUT2D eigenvalue weighted by atomic mass is 10.1. The summed E-state index contributed by atoms with van der Waals surface area (Å²) in [6.07, 6.45) is 6.27. The van der Waals surface area contributed by atoms with E-state index in [9.17, 15) is 4.79 Å². The predicted molar refractivity (Wildman–Crippen MR) is 148 cm³/mol. The summed E-state index contributed by atoms with van der Waals surface area (Å²) in [5, 5.41) is 0.687. The van der Waals surface area contributed by atoms with Gasteiger partial charge in [0, 0.05) is 62.1 Å². The number of rotatable bonds is 9. The second kappa shape index (κ2) is 11.3. The minimum Gasteiger partial charge on any atom is -0.355 e. The lowest BCUT2D eigenvalue weighted by Gasteiger charge is -2.37. The van der Waals surface area contributed by atoms with Gasteiger partial charge in [-0.15, -0.1) is 0 Å². The maximum absolute atomic E-state index is 13.2. The van der Waals surface area contributed by atoms with E-state index in [-0.39, 0.29) is 5.56 Å². The van der Waals surface area contributed by atoms with E-state index < -0.39 is 0 Å². The molecule has 1 saturated heterocycles. The first-order valence-electron chi connectivity index (χ1n) is 13.0. The van der Waals surface area contributed by atoms with E-state index in [4.69, 9.17) is 16.6 Å². The van der Waals surface area contributed by atoms with Crippen molar-refractivity contribution in [3.8, 4) is 11.3 Å². The van der Waals surface area contributed by atoms with E-state index in [1.165, 1.54) is 5.56 Å². The fraction of sp³-hybridized carbons (Fsp3) is 0.379. The molecule has 0 aliphatic carbocycles. The summed E-state index contributed by atoms with van der Waals surface area (Å²) in [7, 11) is 0. The first-order valence-corrected chi connectivity index (χ1v) is 13.4. The molecule has 1 fully saturated rings. The smallest absolute Gasteiger partial charge is 0.261 e.